The number of alkyl halides is 10. The Labute approximate surface area is 138 Å². The van der Waals surface area contributed by atoms with Gasteiger partial charge in [-0.05, 0) is 0 Å². The minimum Gasteiger partial charge on any atom is -0.397 e. The van der Waals surface area contributed by atoms with Crippen molar-refractivity contribution < 1.29 is 43.9 Å². The summed E-state index contributed by atoms with van der Waals surface area (Å²) >= 11 is 6.26. The van der Waals surface area contributed by atoms with E-state index in [1.54, 1.807) is 0 Å². The molecule has 0 saturated carbocycles. The molecule has 0 aromatic heterocycles. The Morgan fingerprint density at radius 2 is 0.750 bits per heavy atom. The lowest BCUT2D eigenvalue weighted by Crippen LogP contribution is -2.38. The Hall–Kier alpha value is -1.18. The summed E-state index contributed by atoms with van der Waals surface area (Å²) in [5, 5.41) is 0. The van der Waals surface area contributed by atoms with Crippen LogP contribution in [0.15, 0.2) is 9.79 Å². The molecule has 1 rings (SSSR count). The molecule has 0 aliphatic carbocycles. The molecule has 1 aromatic carbocycles. The Kier molecular flexibility index (Phi) is 4.93. The zero-order valence-electron chi connectivity index (χ0n) is 10.8. The van der Waals surface area contributed by atoms with Gasteiger partial charge in [0.2, 0.25) is 0 Å². The standard InChI is InChI=1S/C10H6F10N2S2/c11-7(12,9(15,16)17)1-3(21)6(24)2(4(22)5(1)23)8(13,14)10(18,19)20/h23-24H,21-22H2. The van der Waals surface area contributed by atoms with Gasteiger partial charge in [-0.3, -0.25) is 0 Å². The van der Waals surface area contributed by atoms with Crippen LogP contribution in [0.2, 0.25) is 0 Å². The Bertz CT molecular complexity index is 579. The van der Waals surface area contributed by atoms with E-state index >= 15 is 0 Å². The average Bonchev–Trinajstić information content (AvgIpc) is 2.33. The van der Waals surface area contributed by atoms with Crippen LogP contribution in [0.4, 0.5) is 55.3 Å². The molecule has 24 heavy (non-hydrogen) atoms. The summed E-state index contributed by atoms with van der Waals surface area (Å²) in [6, 6.07) is 0. The van der Waals surface area contributed by atoms with E-state index in [1.807, 2.05) is 0 Å². The van der Waals surface area contributed by atoms with Crippen molar-refractivity contribution in [2.75, 3.05) is 11.5 Å². The minimum atomic E-state index is -6.24. The van der Waals surface area contributed by atoms with Gasteiger partial charge in [0, 0.05) is 9.79 Å². The molecule has 0 bridgehead atoms. The van der Waals surface area contributed by atoms with Gasteiger partial charge in [0.05, 0.1) is 22.5 Å². The van der Waals surface area contributed by atoms with Crippen LogP contribution in [-0.4, -0.2) is 12.4 Å². The lowest BCUT2D eigenvalue weighted by Gasteiger charge is -2.29. The van der Waals surface area contributed by atoms with E-state index in [4.69, 9.17) is 11.5 Å². The molecule has 0 saturated heterocycles. The predicted octanol–water partition coefficient (Wildman–Crippen LogP) is 4.74. The van der Waals surface area contributed by atoms with Crippen molar-refractivity contribution in [2.24, 2.45) is 0 Å². The molecule has 4 N–H and O–H groups in total. The molecular formula is C10H6F10N2S2. The number of hydrogen-bond donors (Lipinski definition) is 4. The lowest BCUT2D eigenvalue weighted by atomic mass is 9.97. The Morgan fingerprint density at radius 1 is 0.542 bits per heavy atom. The zero-order valence-corrected chi connectivity index (χ0v) is 12.6. The van der Waals surface area contributed by atoms with E-state index < -0.39 is 56.5 Å². The van der Waals surface area contributed by atoms with E-state index in [0.29, 0.717) is 0 Å². The third kappa shape index (κ3) is 2.93. The molecule has 1 aromatic rings. The number of thiol groups is 2. The number of rotatable bonds is 2. The van der Waals surface area contributed by atoms with Gasteiger partial charge >= 0.3 is 24.2 Å². The van der Waals surface area contributed by atoms with Gasteiger partial charge in [-0.1, -0.05) is 0 Å². The Morgan fingerprint density at radius 3 is 0.917 bits per heavy atom. The molecule has 0 fully saturated rings. The third-order valence-corrected chi connectivity index (χ3v) is 3.79. The molecule has 0 heterocycles. The molecule has 0 spiro atoms. The second kappa shape index (κ2) is 5.68. The Balaban J connectivity index is 3.91. The largest absolute Gasteiger partial charge is 0.458 e. The van der Waals surface area contributed by atoms with Gasteiger partial charge in [-0.15, -0.1) is 25.3 Å². The van der Waals surface area contributed by atoms with E-state index in [9.17, 15) is 43.9 Å². The first-order chi connectivity index (χ1) is 10.4. The number of hydrogen-bond acceptors (Lipinski definition) is 4. The predicted molar refractivity (Wildman–Crippen MR) is 69.7 cm³/mol. The third-order valence-electron chi connectivity index (χ3n) is 2.86. The highest BCUT2D eigenvalue weighted by molar-refractivity contribution is 7.81. The summed E-state index contributed by atoms with van der Waals surface area (Å²) < 4.78 is 128. The summed E-state index contributed by atoms with van der Waals surface area (Å²) in [5.74, 6) is -11.4. The van der Waals surface area contributed by atoms with Gasteiger partial charge < -0.3 is 11.5 Å². The SMILES string of the molecule is Nc1c(S)c(C(F)(F)C(F)(F)F)c(N)c(S)c1C(F)(F)C(F)(F)F. The van der Waals surface area contributed by atoms with Crippen molar-refractivity contribution in [3.8, 4) is 0 Å². The van der Waals surface area contributed by atoms with Crippen molar-refractivity contribution in [3.05, 3.63) is 11.1 Å². The molecule has 0 atom stereocenters. The van der Waals surface area contributed by atoms with Crippen molar-refractivity contribution in [1.82, 2.24) is 0 Å². The molecule has 0 unspecified atom stereocenters. The molecule has 2 nitrogen and oxygen atoms in total. The first-order valence-electron chi connectivity index (χ1n) is 5.41. The van der Waals surface area contributed by atoms with E-state index in [2.05, 4.69) is 25.3 Å². The highest BCUT2D eigenvalue weighted by Crippen LogP contribution is 2.56. The molecule has 0 aliphatic rings. The summed E-state index contributed by atoms with van der Waals surface area (Å²) in [6.45, 7) is 0. The highest BCUT2D eigenvalue weighted by atomic mass is 32.1. The molecule has 0 amide bonds. The summed E-state index contributed by atoms with van der Waals surface area (Å²) in [7, 11) is 0. The summed E-state index contributed by atoms with van der Waals surface area (Å²) in [5.41, 5.74) is 2.00. The maximum atomic E-state index is 13.5. The zero-order chi connectivity index (χ0) is 19.5. The number of nitrogen functional groups attached to an aromatic ring is 2. The molecule has 0 aliphatic heterocycles. The maximum absolute atomic E-state index is 13.5. The van der Waals surface area contributed by atoms with Crippen LogP contribution in [0, 0.1) is 0 Å². The van der Waals surface area contributed by atoms with Crippen LogP contribution in [0.1, 0.15) is 11.1 Å². The van der Waals surface area contributed by atoms with Crippen LogP contribution in [0.5, 0.6) is 0 Å². The van der Waals surface area contributed by atoms with Gasteiger partial charge in [0.1, 0.15) is 0 Å². The van der Waals surface area contributed by atoms with Gasteiger partial charge in [-0.25, -0.2) is 0 Å². The number of anilines is 2. The molecule has 138 valence electrons. The topological polar surface area (TPSA) is 52.0 Å². The molecule has 14 heteroatoms. The van der Waals surface area contributed by atoms with Crippen LogP contribution in [0.25, 0.3) is 0 Å². The second-order valence-electron chi connectivity index (χ2n) is 4.42. The normalized spacial score (nSPS) is 14.2. The lowest BCUT2D eigenvalue weighted by molar-refractivity contribution is -0.291. The fraction of sp³-hybridized carbons (Fsp3) is 0.400. The first-order valence-corrected chi connectivity index (χ1v) is 6.31. The molecular weight excluding hydrogens is 402 g/mol. The fourth-order valence-electron chi connectivity index (χ4n) is 1.68. The molecule has 0 radical (unpaired) electrons. The van der Waals surface area contributed by atoms with Crippen LogP contribution < -0.4 is 11.5 Å². The second-order valence-corrected chi connectivity index (χ2v) is 5.31. The van der Waals surface area contributed by atoms with Crippen LogP contribution >= 0.6 is 25.3 Å². The van der Waals surface area contributed by atoms with E-state index in [1.165, 1.54) is 0 Å². The van der Waals surface area contributed by atoms with Crippen molar-refractivity contribution in [1.29, 1.82) is 0 Å². The number of benzene rings is 1. The van der Waals surface area contributed by atoms with Crippen molar-refractivity contribution in [2.45, 2.75) is 34.0 Å². The van der Waals surface area contributed by atoms with E-state index in [0.717, 1.165) is 0 Å². The van der Waals surface area contributed by atoms with Crippen molar-refractivity contribution >= 4 is 36.6 Å². The monoisotopic (exact) mass is 408 g/mol. The van der Waals surface area contributed by atoms with Gasteiger partial charge in [0.15, 0.2) is 0 Å². The smallest absolute Gasteiger partial charge is 0.397 e. The van der Waals surface area contributed by atoms with E-state index in [-0.39, 0.29) is 0 Å². The van der Waals surface area contributed by atoms with Crippen LogP contribution in [-0.2, 0) is 11.8 Å². The summed E-state index contributed by atoms with van der Waals surface area (Å²) in [6.07, 6.45) is -12.5. The number of nitrogens with two attached hydrogens (primary N) is 2. The average molecular weight is 408 g/mol. The minimum absolute atomic E-state index is 1.66. The first kappa shape index (κ1) is 20.9. The maximum Gasteiger partial charge on any atom is 0.458 e. The fourth-order valence-corrected chi connectivity index (χ4v) is 2.43. The van der Waals surface area contributed by atoms with Gasteiger partial charge in [0.25, 0.3) is 0 Å². The van der Waals surface area contributed by atoms with Gasteiger partial charge in [-0.2, -0.15) is 43.9 Å². The highest BCUT2D eigenvalue weighted by Gasteiger charge is 2.64. The van der Waals surface area contributed by atoms with Crippen LogP contribution in [0.3, 0.4) is 0 Å². The quantitative estimate of drug-likeness (QED) is 0.325. The van der Waals surface area contributed by atoms with Crippen molar-refractivity contribution in [3.63, 3.8) is 0 Å². The summed E-state index contributed by atoms with van der Waals surface area (Å²) in [4.78, 5) is -3.32. The number of halogens is 10.